The first kappa shape index (κ1) is 19.5. The van der Waals surface area contributed by atoms with Crippen molar-refractivity contribution < 1.29 is 19.1 Å². The highest BCUT2D eigenvalue weighted by Gasteiger charge is 2.31. The molecule has 1 aliphatic carbocycles. The minimum atomic E-state index is -0.432. The van der Waals surface area contributed by atoms with Crippen molar-refractivity contribution >= 4 is 17.3 Å². The predicted molar refractivity (Wildman–Crippen MR) is 105 cm³/mol. The number of hydrogen-bond donors (Lipinski definition) is 0. The van der Waals surface area contributed by atoms with Gasteiger partial charge in [-0.25, -0.2) is 4.79 Å². The largest absolute Gasteiger partial charge is 0.480 e. The highest BCUT2D eigenvalue weighted by atomic mass is 16.6. The zero-order valence-corrected chi connectivity index (χ0v) is 16.7. The Morgan fingerprint density at radius 2 is 1.89 bits per heavy atom. The van der Waals surface area contributed by atoms with Gasteiger partial charge in [-0.05, 0) is 42.0 Å². The molecule has 5 heteroatoms. The number of fused-ring (bicyclic) bond motifs is 1. The van der Waals surface area contributed by atoms with Gasteiger partial charge in [0.15, 0.2) is 12.4 Å². The Bertz CT molecular complexity index is 838. The number of carbonyl (C=O) groups is 2. The van der Waals surface area contributed by atoms with Crippen LogP contribution in [-0.4, -0.2) is 29.9 Å². The maximum absolute atomic E-state index is 13.4. The number of methoxy groups -OCH3 is 1. The standard InChI is InChI=1S/C22H29NO4/c1-22(2,3)16-13-17-18(27-14-19(24)26-4)11-8-12-23(17)20(16)21(25)15-9-6-5-7-10-15/h8,11-13,15H,5-7,9-10,14H2,1-4H3. The SMILES string of the molecule is COC(=O)COc1cccn2c(C(=O)C3CCCCC3)c(C(C)(C)C)cc12. The van der Waals surface area contributed by atoms with E-state index in [2.05, 4.69) is 25.5 Å². The van der Waals surface area contributed by atoms with E-state index in [4.69, 9.17) is 4.74 Å². The average molecular weight is 371 g/mol. The van der Waals surface area contributed by atoms with Crippen molar-refractivity contribution in [3.8, 4) is 5.75 Å². The molecule has 0 unspecified atom stereocenters. The van der Waals surface area contributed by atoms with Crippen LogP contribution in [0.5, 0.6) is 5.75 Å². The van der Waals surface area contributed by atoms with E-state index in [1.807, 2.05) is 28.8 Å². The Balaban J connectivity index is 2.07. The number of aromatic nitrogens is 1. The molecule has 2 aromatic heterocycles. The van der Waals surface area contributed by atoms with Gasteiger partial charge in [-0.2, -0.15) is 0 Å². The zero-order chi connectivity index (χ0) is 19.6. The Kier molecular flexibility index (Phi) is 5.59. The average Bonchev–Trinajstić information content (AvgIpc) is 3.06. The molecule has 2 aromatic rings. The number of Topliss-reactive ketones (excluding diaryl/α,β-unsaturated/α-hetero) is 1. The Morgan fingerprint density at radius 3 is 2.52 bits per heavy atom. The molecule has 0 radical (unpaired) electrons. The first-order valence-electron chi connectivity index (χ1n) is 9.71. The molecule has 146 valence electrons. The summed E-state index contributed by atoms with van der Waals surface area (Å²) >= 11 is 0. The highest BCUT2D eigenvalue weighted by molar-refractivity contribution is 6.00. The van der Waals surface area contributed by atoms with Gasteiger partial charge in [-0.3, -0.25) is 4.79 Å². The highest BCUT2D eigenvalue weighted by Crippen LogP contribution is 2.36. The van der Waals surface area contributed by atoms with Gasteiger partial charge in [-0.15, -0.1) is 0 Å². The van der Waals surface area contributed by atoms with Crippen molar-refractivity contribution in [2.75, 3.05) is 13.7 Å². The van der Waals surface area contributed by atoms with Crippen LogP contribution in [0.15, 0.2) is 24.4 Å². The van der Waals surface area contributed by atoms with E-state index < -0.39 is 5.97 Å². The van der Waals surface area contributed by atoms with Crippen molar-refractivity contribution in [3.63, 3.8) is 0 Å². The molecule has 0 spiro atoms. The summed E-state index contributed by atoms with van der Waals surface area (Å²) in [5.41, 5.74) is 2.41. The Morgan fingerprint density at radius 1 is 1.19 bits per heavy atom. The van der Waals surface area contributed by atoms with Crippen LogP contribution < -0.4 is 4.74 Å². The maximum atomic E-state index is 13.4. The molecular weight excluding hydrogens is 342 g/mol. The normalized spacial score (nSPS) is 15.7. The van der Waals surface area contributed by atoms with Crippen molar-refractivity contribution in [1.82, 2.24) is 4.40 Å². The fourth-order valence-electron chi connectivity index (χ4n) is 3.87. The molecule has 0 aromatic carbocycles. The van der Waals surface area contributed by atoms with Gasteiger partial charge in [0.1, 0.15) is 5.75 Å². The third-order valence-corrected chi connectivity index (χ3v) is 5.36. The van der Waals surface area contributed by atoms with Gasteiger partial charge in [0.05, 0.1) is 18.3 Å². The number of hydrogen-bond acceptors (Lipinski definition) is 4. The topological polar surface area (TPSA) is 57.0 Å². The third-order valence-electron chi connectivity index (χ3n) is 5.36. The minimum absolute atomic E-state index is 0.0950. The van der Waals surface area contributed by atoms with Gasteiger partial charge in [0.25, 0.3) is 0 Å². The number of ether oxygens (including phenoxy) is 2. The second-order valence-corrected chi connectivity index (χ2v) is 8.35. The van der Waals surface area contributed by atoms with E-state index >= 15 is 0 Å². The van der Waals surface area contributed by atoms with Gasteiger partial charge < -0.3 is 13.9 Å². The molecule has 2 heterocycles. The van der Waals surface area contributed by atoms with Crippen LogP contribution in [0, 0.1) is 5.92 Å². The Hall–Kier alpha value is -2.30. The monoisotopic (exact) mass is 371 g/mol. The summed E-state index contributed by atoms with van der Waals surface area (Å²) in [6.07, 6.45) is 7.31. The summed E-state index contributed by atoms with van der Waals surface area (Å²) in [5, 5.41) is 0. The molecule has 1 fully saturated rings. The number of ketones is 1. The number of esters is 1. The fraction of sp³-hybridized carbons (Fsp3) is 0.545. The van der Waals surface area contributed by atoms with Crippen LogP contribution in [-0.2, 0) is 14.9 Å². The number of rotatable bonds is 5. The molecule has 0 atom stereocenters. The minimum Gasteiger partial charge on any atom is -0.480 e. The number of pyridine rings is 1. The molecule has 27 heavy (non-hydrogen) atoms. The van der Waals surface area contributed by atoms with Gasteiger partial charge in [-0.1, -0.05) is 40.0 Å². The van der Waals surface area contributed by atoms with Crippen molar-refractivity contribution in [2.45, 2.75) is 58.3 Å². The summed E-state index contributed by atoms with van der Waals surface area (Å²) in [4.78, 5) is 24.9. The van der Waals surface area contributed by atoms with Crippen LogP contribution >= 0.6 is 0 Å². The summed E-state index contributed by atoms with van der Waals surface area (Å²) in [6.45, 7) is 6.20. The quantitative estimate of drug-likeness (QED) is 0.571. The van der Waals surface area contributed by atoms with E-state index in [9.17, 15) is 9.59 Å². The molecule has 1 aliphatic rings. The summed E-state index contributed by atoms with van der Waals surface area (Å²) in [7, 11) is 1.34. The maximum Gasteiger partial charge on any atom is 0.343 e. The Labute approximate surface area is 160 Å². The molecular formula is C22H29NO4. The second-order valence-electron chi connectivity index (χ2n) is 8.35. The zero-order valence-electron chi connectivity index (χ0n) is 16.7. The van der Waals surface area contributed by atoms with E-state index in [1.54, 1.807) is 0 Å². The first-order chi connectivity index (χ1) is 12.8. The summed E-state index contributed by atoms with van der Waals surface area (Å²) in [5.74, 6) is 0.469. The van der Waals surface area contributed by atoms with Gasteiger partial charge >= 0.3 is 5.97 Å². The second kappa shape index (κ2) is 7.75. The number of carbonyl (C=O) groups excluding carboxylic acids is 2. The van der Waals surface area contributed by atoms with Crippen LogP contribution in [0.3, 0.4) is 0 Å². The molecule has 0 N–H and O–H groups in total. The van der Waals surface area contributed by atoms with Crippen LogP contribution in [0.2, 0.25) is 0 Å². The lowest BCUT2D eigenvalue weighted by atomic mass is 9.80. The molecule has 0 saturated heterocycles. The molecule has 5 nitrogen and oxygen atoms in total. The summed E-state index contributed by atoms with van der Waals surface area (Å²) < 4.78 is 12.3. The van der Waals surface area contributed by atoms with Crippen molar-refractivity contribution in [3.05, 3.63) is 35.7 Å². The smallest absolute Gasteiger partial charge is 0.343 e. The molecule has 0 amide bonds. The van der Waals surface area contributed by atoms with Gasteiger partial charge in [0, 0.05) is 12.1 Å². The van der Waals surface area contributed by atoms with Crippen LogP contribution in [0.1, 0.15) is 68.9 Å². The first-order valence-corrected chi connectivity index (χ1v) is 9.71. The van der Waals surface area contributed by atoms with E-state index in [-0.39, 0.29) is 23.7 Å². The van der Waals surface area contributed by atoms with Gasteiger partial charge in [0.2, 0.25) is 0 Å². The molecule has 3 rings (SSSR count). The lowest BCUT2D eigenvalue weighted by Crippen LogP contribution is -2.23. The predicted octanol–water partition coefficient (Wildman–Crippen LogP) is 4.55. The lowest BCUT2D eigenvalue weighted by Gasteiger charge is -2.24. The molecule has 0 aliphatic heterocycles. The van der Waals surface area contributed by atoms with Crippen LogP contribution in [0.4, 0.5) is 0 Å². The van der Waals surface area contributed by atoms with Crippen molar-refractivity contribution in [2.24, 2.45) is 5.92 Å². The molecule has 0 bridgehead atoms. The number of nitrogens with zero attached hydrogens (tertiary/aromatic N) is 1. The van der Waals surface area contributed by atoms with Crippen molar-refractivity contribution in [1.29, 1.82) is 0 Å². The fourth-order valence-corrected chi connectivity index (χ4v) is 3.87. The van der Waals surface area contributed by atoms with Crippen LogP contribution in [0.25, 0.3) is 5.52 Å². The molecule has 1 saturated carbocycles. The third kappa shape index (κ3) is 4.02. The lowest BCUT2D eigenvalue weighted by molar-refractivity contribution is -0.142. The van der Waals surface area contributed by atoms with E-state index in [0.717, 1.165) is 42.5 Å². The van der Waals surface area contributed by atoms with E-state index in [1.165, 1.54) is 13.5 Å². The summed E-state index contributed by atoms with van der Waals surface area (Å²) in [6, 6.07) is 5.70. The van der Waals surface area contributed by atoms with E-state index in [0.29, 0.717) is 5.75 Å².